The van der Waals surface area contributed by atoms with Crippen LogP contribution >= 0.6 is 11.6 Å². The van der Waals surface area contributed by atoms with Crippen LogP contribution in [-0.4, -0.2) is 34.5 Å². The molecule has 0 aliphatic rings. The van der Waals surface area contributed by atoms with Gasteiger partial charge in [-0.2, -0.15) is 0 Å². The first kappa shape index (κ1) is 17.4. The van der Waals surface area contributed by atoms with E-state index in [1.54, 1.807) is 0 Å². The molecule has 0 heterocycles. The molecule has 3 nitrogen and oxygen atoms in total. The first-order valence-corrected chi connectivity index (χ1v) is 8.98. The highest BCUT2D eigenvalue weighted by Gasteiger charge is 2.46. The first-order valence-electron chi connectivity index (χ1n) is 6.64. The summed E-state index contributed by atoms with van der Waals surface area (Å²) in [6, 6.07) is 0. The fraction of sp³-hybridized carbons (Fsp3) is 1.00. The minimum Gasteiger partial charge on any atom is -0.373 e. The largest absolute Gasteiger partial charge is 0.505 e. The van der Waals surface area contributed by atoms with E-state index in [2.05, 4.69) is 27.7 Å². The van der Waals surface area contributed by atoms with Crippen LogP contribution in [0.25, 0.3) is 0 Å². The normalized spacial score (nSPS) is 13.9. The molecule has 5 heteroatoms. The Morgan fingerprint density at radius 1 is 0.882 bits per heavy atom. The van der Waals surface area contributed by atoms with Crippen molar-refractivity contribution >= 4 is 20.4 Å². The van der Waals surface area contributed by atoms with Gasteiger partial charge in [0, 0.05) is 31.2 Å². The second kappa shape index (κ2) is 10.3. The van der Waals surface area contributed by atoms with E-state index in [0.29, 0.717) is 25.7 Å². The van der Waals surface area contributed by atoms with Gasteiger partial charge in [0.2, 0.25) is 0 Å². The molecule has 0 saturated carbocycles. The summed E-state index contributed by atoms with van der Waals surface area (Å²) in [6.45, 7) is 10.4. The zero-order valence-corrected chi connectivity index (χ0v) is 13.4. The van der Waals surface area contributed by atoms with E-state index in [1.165, 1.54) is 0 Å². The molecular weight excluding hydrogens is 256 g/mol. The van der Waals surface area contributed by atoms with Gasteiger partial charge in [-0.05, 0) is 19.3 Å². The van der Waals surface area contributed by atoms with Gasteiger partial charge in [-0.25, -0.2) is 0 Å². The van der Waals surface area contributed by atoms with E-state index >= 15 is 0 Å². The summed E-state index contributed by atoms with van der Waals surface area (Å²) >= 11 is 5.97. The van der Waals surface area contributed by atoms with Crippen LogP contribution in [0.5, 0.6) is 0 Å². The molecule has 0 aliphatic heterocycles. The Kier molecular flexibility index (Phi) is 10.6. The number of alkyl halides is 1. The molecule has 1 atom stereocenters. The van der Waals surface area contributed by atoms with Crippen molar-refractivity contribution in [1.29, 1.82) is 0 Å². The highest BCUT2D eigenvalue weighted by Crippen LogP contribution is 2.27. The third kappa shape index (κ3) is 6.20. The molecule has 1 unspecified atom stereocenters. The zero-order chi connectivity index (χ0) is 13.1. The van der Waals surface area contributed by atoms with Gasteiger partial charge in [-0.3, -0.25) is 0 Å². The van der Waals surface area contributed by atoms with Crippen molar-refractivity contribution in [3.63, 3.8) is 0 Å². The lowest BCUT2D eigenvalue weighted by molar-refractivity contribution is 0.0527. The van der Waals surface area contributed by atoms with Crippen molar-refractivity contribution in [1.82, 2.24) is 0 Å². The fourth-order valence-electron chi connectivity index (χ4n) is 1.38. The molecular formula is C12H27ClO3Si. The smallest absolute Gasteiger partial charge is 0.373 e. The van der Waals surface area contributed by atoms with Crippen molar-refractivity contribution < 1.29 is 13.3 Å². The quantitative estimate of drug-likeness (QED) is 0.426. The highest BCUT2D eigenvalue weighted by molar-refractivity contribution is 6.63. The Labute approximate surface area is 112 Å². The Balaban J connectivity index is 4.63. The van der Waals surface area contributed by atoms with Gasteiger partial charge in [0.05, 0.1) is 0 Å². The van der Waals surface area contributed by atoms with Crippen molar-refractivity contribution in [2.24, 2.45) is 0 Å². The molecule has 0 bridgehead atoms. The average molecular weight is 283 g/mol. The van der Waals surface area contributed by atoms with Crippen molar-refractivity contribution in [2.45, 2.75) is 52.5 Å². The number of hydrogen-bond donors (Lipinski definition) is 0. The monoisotopic (exact) mass is 282 g/mol. The van der Waals surface area contributed by atoms with Crippen LogP contribution in [0.1, 0.15) is 47.0 Å². The lowest BCUT2D eigenvalue weighted by atomic mass is 10.5. The Hall–Kier alpha value is 0.387. The highest BCUT2D eigenvalue weighted by atomic mass is 35.5. The number of halogens is 1. The molecule has 104 valence electrons. The van der Waals surface area contributed by atoms with Crippen LogP contribution in [0.3, 0.4) is 0 Å². The van der Waals surface area contributed by atoms with Gasteiger partial charge in [0.1, 0.15) is 0 Å². The van der Waals surface area contributed by atoms with E-state index in [0.717, 1.165) is 19.3 Å². The molecule has 0 spiro atoms. The van der Waals surface area contributed by atoms with Crippen LogP contribution < -0.4 is 0 Å². The van der Waals surface area contributed by atoms with Gasteiger partial charge in [0.15, 0.2) is 0 Å². The lowest BCUT2D eigenvalue weighted by Crippen LogP contribution is -2.50. The maximum Gasteiger partial charge on any atom is 0.505 e. The molecule has 0 radical (unpaired) electrons. The van der Waals surface area contributed by atoms with Gasteiger partial charge in [0.25, 0.3) is 0 Å². The Morgan fingerprint density at radius 3 is 1.47 bits per heavy atom. The van der Waals surface area contributed by atoms with Crippen molar-refractivity contribution in [3.8, 4) is 0 Å². The number of hydrogen-bond acceptors (Lipinski definition) is 3. The minimum atomic E-state index is -2.59. The topological polar surface area (TPSA) is 27.7 Å². The van der Waals surface area contributed by atoms with Gasteiger partial charge in [-0.15, -0.1) is 11.6 Å². The molecule has 0 fully saturated rings. The summed E-state index contributed by atoms with van der Waals surface area (Å²) < 4.78 is 17.8. The van der Waals surface area contributed by atoms with Crippen LogP contribution in [0.15, 0.2) is 0 Å². The van der Waals surface area contributed by atoms with Gasteiger partial charge >= 0.3 is 8.80 Å². The maximum absolute atomic E-state index is 5.97. The van der Waals surface area contributed by atoms with Crippen LogP contribution in [-0.2, 0) is 13.3 Å². The zero-order valence-electron chi connectivity index (χ0n) is 11.6. The molecule has 0 saturated heterocycles. The molecule has 0 N–H and O–H groups in total. The standard InChI is InChI=1S/C12H27ClO3Si/c1-5-8-14-17(12(4)11-13,15-9-6-2)16-10-7-3/h12H,5-11H2,1-4H3. The van der Waals surface area contributed by atoms with Gasteiger partial charge < -0.3 is 13.3 Å². The molecule has 0 aromatic heterocycles. The molecule has 0 rings (SSSR count). The molecule has 0 aromatic carbocycles. The van der Waals surface area contributed by atoms with E-state index in [-0.39, 0.29) is 5.54 Å². The third-order valence-corrected chi connectivity index (χ3v) is 6.31. The Bertz CT molecular complexity index is 159. The SMILES string of the molecule is CCCO[Si](OCCC)(OCCC)C(C)CCl. The predicted octanol–water partition coefficient (Wildman–Crippen LogP) is 3.83. The first-order chi connectivity index (χ1) is 8.16. The average Bonchev–Trinajstić information content (AvgIpc) is 2.37. The third-order valence-electron chi connectivity index (χ3n) is 2.36. The molecule has 17 heavy (non-hydrogen) atoms. The lowest BCUT2D eigenvalue weighted by Gasteiger charge is -2.33. The molecule has 0 aromatic rings. The number of rotatable bonds is 11. The summed E-state index contributed by atoms with van der Waals surface area (Å²) in [4.78, 5) is 0. The van der Waals surface area contributed by atoms with Gasteiger partial charge in [-0.1, -0.05) is 27.7 Å². The summed E-state index contributed by atoms with van der Waals surface area (Å²) in [7, 11) is -2.59. The fourth-order valence-corrected chi connectivity index (χ4v) is 4.70. The summed E-state index contributed by atoms with van der Waals surface area (Å²) in [6.07, 6.45) is 2.90. The molecule has 0 aliphatic carbocycles. The van der Waals surface area contributed by atoms with E-state index in [9.17, 15) is 0 Å². The molecule has 0 amide bonds. The second-order valence-corrected chi connectivity index (χ2v) is 7.57. The minimum absolute atomic E-state index is 0.147. The maximum atomic E-state index is 5.97. The van der Waals surface area contributed by atoms with E-state index in [4.69, 9.17) is 24.9 Å². The summed E-state index contributed by atoms with van der Waals surface area (Å²) in [5.74, 6) is 0.517. The van der Waals surface area contributed by atoms with Crippen molar-refractivity contribution in [2.75, 3.05) is 25.7 Å². The Morgan fingerprint density at radius 2 is 1.24 bits per heavy atom. The van der Waals surface area contributed by atoms with Crippen LogP contribution in [0, 0.1) is 0 Å². The van der Waals surface area contributed by atoms with Crippen molar-refractivity contribution in [3.05, 3.63) is 0 Å². The van der Waals surface area contributed by atoms with Crippen LogP contribution in [0.4, 0.5) is 0 Å². The summed E-state index contributed by atoms with van der Waals surface area (Å²) in [5, 5.41) is 0. The van der Waals surface area contributed by atoms with Crippen LogP contribution in [0.2, 0.25) is 5.54 Å². The van der Waals surface area contributed by atoms with E-state index in [1.807, 2.05) is 0 Å². The van der Waals surface area contributed by atoms with E-state index < -0.39 is 8.80 Å². The predicted molar refractivity (Wildman–Crippen MR) is 74.6 cm³/mol. The summed E-state index contributed by atoms with van der Waals surface area (Å²) in [5.41, 5.74) is 0.147. The second-order valence-electron chi connectivity index (χ2n) is 4.20.